The number of aryl methyl sites for hydroxylation is 1. The van der Waals surface area contributed by atoms with Crippen LogP contribution in [0.5, 0.6) is 17.2 Å². The molecule has 1 amide bonds. The Labute approximate surface area is 221 Å². The molecule has 1 aliphatic heterocycles. The highest BCUT2D eigenvalue weighted by Crippen LogP contribution is 2.41. The fraction of sp³-hybridized carbons (Fsp3) is 0.0333. The second kappa shape index (κ2) is 9.14. The maximum Gasteiger partial charge on any atom is 0.255 e. The van der Waals surface area contributed by atoms with Gasteiger partial charge in [0.1, 0.15) is 34.3 Å². The molecule has 0 unspecified atom stereocenters. The number of ether oxygens (including phenoxy) is 1. The number of carbonyl (C=O) groups excluding carboxylic acids is 2. The van der Waals surface area contributed by atoms with Crippen molar-refractivity contribution >= 4 is 34.5 Å². The van der Waals surface area contributed by atoms with Crippen LogP contribution in [-0.2, 0) is 7.05 Å². The first-order valence-electron chi connectivity index (χ1n) is 11.9. The number of hydrogen-bond acceptors (Lipinski definition) is 6. The lowest BCUT2D eigenvalue weighted by molar-refractivity contribution is 0.101. The van der Waals surface area contributed by atoms with Gasteiger partial charge in [0.05, 0.1) is 0 Å². The number of phenols is 2. The minimum absolute atomic E-state index is 0.0133. The second-order valence-corrected chi connectivity index (χ2v) is 9.07. The summed E-state index contributed by atoms with van der Waals surface area (Å²) in [5, 5.41) is 23.4. The fourth-order valence-electron chi connectivity index (χ4n) is 4.67. The van der Waals surface area contributed by atoms with E-state index in [2.05, 4.69) is 10.3 Å². The highest BCUT2D eigenvalue weighted by atomic mass is 19.1. The zero-order valence-electron chi connectivity index (χ0n) is 20.5. The number of carbonyl (C=O) groups is 2. The number of rotatable bonds is 4. The lowest BCUT2D eigenvalue weighted by atomic mass is 9.98. The number of aromatic hydroxyl groups is 2. The number of allylic oxidation sites excluding steroid dienone is 1. The number of Topliss-reactive ketones (excluding diaryl/α,β-unsaturated/α-hetero) is 1. The molecule has 3 heterocycles. The Morgan fingerprint density at radius 2 is 1.87 bits per heavy atom. The fourth-order valence-corrected chi connectivity index (χ4v) is 4.67. The van der Waals surface area contributed by atoms with Crippen molar-refractivity contribution in [3.63, 3.8) is 0 Å². The molecule has 39 heavy (non-hydrogen) atoms. The first-order chi connectivity index (χ1) is 18.8. The zero-order valence-corrected chi connectivity index (χ0v) is 20.5. The van der Waals surface area contributed by atoms with Gasteiger partial charge in [-0.2, -0.15) is 0 Å². The number of halogens is 1. The molecular formula is C30H20FN3O5. The van der Waals surface area contributed by atoms with Crippen LogP contribution in [0.15, 0.2) is 84.9 Å². The minimum Gasteiger partial charge on any atom is -0.508 e. The van der Waals surface area contributed by atoms with Gasteiger partial charge in [-0.25, -0.2) is 9.37 Å². The zero-order chi connectivity index (χ0) is 27.3. The van der Waals surface area contributed by atoms with E-state index in [-0.39, 0.29) is 34.5 Å². The van der Waals surface area contributed by atoms with Crippen molar-refractivity contribution < 1.29 is 28.9 Å². The van der Waals surface area contributed by atoms with Gasteiger partial charge in [0.2, 0.25) is 5.78 Å². The molecule has 6 rings (SSSR count). The number of hydrogen-bond donors (Lipinski definition) is 3. The number of nitrogens with one attached hydrogen (secondary N) is 1. The predicted octanol–water partition coefficient (Wildman–Crippen LogP) is 5.66. The van der Waals surface area contributed by atoms with Gasteiger partial charge in [0.15, 0.2) is 5.76 Å². The van der Waals surface area contributed by atoms with E-state index in [1.807, 2.05) is 23.7 Å². The summed E-state index contributed by atoms with van der Waals surface area (Å²) in [5.74, 6) is -1.79. The van der Waals surface area contributed by atoms with Gasteiger partial charge >= 0.3 is 0 Å². The van der Waals surface area contributed by atoms with E-state index >= 15 is 0 Å². The molecule has 2 aromatic heterocycles. The number of ketones is 1. The van der Waals surface area contributed by atoms with E-state index in [4.69, 9.17) is 4.74 Å². The van der Waals surface area contributed by atoms with Crippen LogP contribution in [0.4, 0.5) is 10.1 Å². The largest absolute Gasteiger partial charge is 0.508 e. The number of phenolic OH excluding ortho intramolecular Hbond substituents is 2. The lowest BCUT2D eigenvalue weighted by Crippen LogP contribution is -2.11. The molecule has 3 N–H and O–H groups in total. The van der Waals surface area contributed by atoms with E-state index in [0.29, 0.717) is 22.5 Å². The van der Waals surface area contributed by atoms with Crippen molar-refractivity contribution in [3.05, 3.63) is 107 Å². The van der Waals surface area contributed by atoms with E-state index < -0.39 is 11.6 Å². The number of amides is 1. The highest BCUT2D eigenvalue weighted by Gasteiger charge is 2.31. The summed E-state index contributed by atoms with van der Waals surface area (Å²) < 4.78 is 20.7. The van der Waals surface area contributed by atoms with E-state index in [0.717, 1.165) is 22.6 Å². The van der Waals surface area contributed by atoms with Gasteiger partial charge in [-0.3, -0.25) is 9.59 Å². The quantitative estimate of drug-likeness (QED) is 0.263. The van der Waals surface area contributed by atoms with Crippen LogP contribution >= 0.6 is 0 Å². The van der Waals surface area contributed by atoms with Crippen molar-refractivity contribution in [1.82, 2.24) is 9.55 Å². The Hall–Kier alpha value is -5.44. The van der Waals surface area contributed by atoms with E-state index in [1.54, 1.807) is 36.7 Å². The summed E-state index contributed by atoms with van der Waals surface area (Å²) in [6, 6.07) is 16.7. The Morgan fingerprint density at radius 1 is 1.08 bits per heavy atom. The SMILES string of the molecule is Cn1cc(/C=C2\Oc3cc(O)cc(O)c3C2=O)c2c(-c3cccc(C(=O)Nc4ccc(F)cc4)c3)ccnc21. The summed E-state index contributed by atoms with van der Waals surface area (Å²) in [6.07, 6.45) is 5.03. The number of aromatic nitrogens is 2. The van der Waals surface area contributed by atoms with Crippen molar-refractivity contribution in [1.29, 1.82) is 0 Å². The summed E-state index contributed by atoms with van der Waals surface area (Å²) in [7, 11) is 1.82. The van der Waals surface area contributed by atoms with Gasteiger partial charge in [0.25, 0.3) is 5.91 Å². The molecule has 5 aromatic rings. The van der Waals surface area contributed by atoms with Crippen LogP contribution in [0.25, 0.3) is 28.2 Å². The smallest absolute Gasteiger partial charge is 0.255 e. The van der Waals surface area contributed by atoms with Crippen molar-refractivity contribution in [2.24, 2.45) is 7.05 Å². The highest BCUT2D eigenvalue weighted by molar-refractivity contribution is 6.17. The topological polar surface area (TPSA) is 114 Å². The number of pyridine rings is 1. The van der Waals surface area contributed by atoms with E-state index in [1.165, 1.54) is 30.3 Å². The minimum atomic E-state index is -0.510. The summed E-state index contributed by atoms with van der Waals surface area (Å²) >= 11 is 0. The molecule has 8 nitrogen and oxygen atoms in total. The number of benzene rings is 3. The molecule has 0 atom stereocenters. The third-order valence-corrected chi connectivity index (χ3v) is 6.45. The Morgan fingerprint density at radius 3 is 2.67 bits per heavy atom. The van der Waals surface area contributed by atoms with Crippen LogP contribution in [0.1, 0.15) is 26.3 Å². The molecule has 0 aliphatic carbocycles. The first-order valence-corrected chi connectivity index (χ1v) is 11.9. The maximum absolute atomic E-state index is 13.2. The third kappa shape index (κ3) is 4.25. The van der Waals surface area contributed by atoms with Gasteiger partial charge in [-0.15, -0.1) is 0 Å². The Kier molecular flexibility index (Phi) is 5.61. The van der Waals surface area contributed by atoms with Crippen molar-refractivity contribution in [2.45, 2.75) is 0 Å². The van der Waals surface area contributed by atoms with Crippen LogP contribution in [0, 0.1) is 5.82 Å². The molecule has 1 aliphatic rings. The van der Waals surface area contributed by atoms with Gasteiger partial charge < -0.3 is 24.8 Å². The summed E-state index contributed by atoms with van der Waals surface area (Å²) in [6.45, 7) is 0. The number of nitrogens with zero attached hydrogens (tertiary/aromatic N) is 2. The van der Waals surface area contributed by atoms with Crippen LogP contribution < -0.4 is 10.1 Å². The van der Waals surface area contributed by atoms with Crippen molar-refractivity contribution in [2.75, 3.05) is 5.32 Å². The molecule has 0 bridgehead atoms. The molecule has 0 radical (unpaired) electrons. The normalized spacial score (nSPS) is 13.5. The van der Waals surface area contributed by atoms with Crippen LogP contribution in [0.3, 0.4) is 0 Å². The number of fused-ring (bicyclic) bond motifs is 2. The predicted molar refractivity (Wildman–Crippen MR) is 143 cm³/mol. The Bertz CT molecular complexity index is 1840. The van der Waals surface area contributed by atoms with Crippen molar-refractivity contribution in [3.8, 4) is 28.4 Å². The maximum atomic E-state index is 13.2. The van der Waals surface area contributed by atoms with Crippen LogP contribution in [-0.4, -0.2) is 31.5 Å². The van der Waals surface area contributed by atoms with Gasteiger partial charge in [0, 0.05) is 53.8 Å². The molecule has 192 valence electrons. The molecule has 0 saturated heterocycles. The Balaban J connectivity index is 1.40. The van der Waals surface area contributed by atoms with Gasteiger partial charge in [-0.05, 0) is 59.7 Å². The molecule has 0 fully saturated rings. The average molecular weight is 522 g/mol. The molecular weight excluding hydrogens is 501 g/mol. The molecule has 3 aromatic carbocycles. The summed E-state index contributed by atoms with van der Waals surface area (Å²) in [4.78, 5) is 30.4. The lowest BCUT2D eigenvalue weighted by Gasteiger charge is -2.09. The third-order valence-electron chi connectivity index (χ3n) is 6.45. The first kappa shape index (κ1) is 23.9. The molecule has 0 saturated carbocycles. The van der Waals surface area contributed by atoms with Gasteiger partial charge in [-0.1, -0.05) is 12.1 Å². The second-order valence-electron chi connectivity index (χ2n) is 9.07. The molecule has 0 spiro atoms. The standard InChI is InChI=1S/C30H20FN3O5/c1-34-15-18(12-25-28(37)27-23(36)13-21(35)14-24(27)39-25)26-22(9-10-32-29(26)34)16-3-2-4-17(11-16)30(38)33-20-7-5-19(31)6-8-20/h2-15,35-36H,1H3,(H,33,38)/b25-12-. The van der Waals surface area contributed by atoms with Crippen LogP contribution in [0.2, 0.25) is 0 Å². The van der Waals surface area contributed by atoms with E-state index in [9.17, 15) is 24.2 Å². The monoisotopic (exact) mass is 521 g/mol. The number of anilines is 1. The summed E-state index contributed by atoms with van der Waals surface area (Å²) in [5.41, 5.74) is 3.64. The molecule has 9 heteroatoms. The average Bonchev–Trinajstić information content (AvgIpc) is 3.41.